The molecular formula is C14H22N2O4. The molecule has 0 aromatic heterocycles. The molecule has 0 fully saturated rings. The molecule has 1 aromatic rings. The lowest BCUT2D eigenvalue weighted by atomic mass is 10.0. The first-order chi connectivity index (χ1) is 9.56. The van der Waals surface area contributed by atoms with Crippen molar-refractivity contribution < 1.29 is 20.1 Å². The molecule has 20 heavy (non-hydrogen) atoms. The van der Waals surface area contributed by atoms with E-state index in [0.717, 1.165) is 5.56 Å². The number of rotatable bonds is 8. The third-order valence-corrected chi connectivity index (χ3v) is 3.22. The summed E-state index contributed by atoms with van der Waals surface area (Å²) in [4.78, 5) is 11.9. The summed E-state index contributed by atoms with van der Waals surface area (Å²) in [6.07, 6.45) is 1.09. The monoisotopic (exact) mass is 282 g/mol. The Labute approximate surface area is 118 Å². The molecule has 0 aliphatic carbocycles. The Morgan fingerprint density at radius 2 is 1.70 bits per heavy atom. The van der Waals surface area contributed by atoms with Crippen LogP contribution in [-0.2, 0) is 11.2 Å². The summed E-state index contributed by atoms with van der Waals surface area (Å²) >= 11 is 0. The lowest BCUT2D eigenvalue weighted by Gasteiger charge is -2.30. The van der Waals surface area contributed by atoms with Crippen molar-refractivity contribution in [2.45, 2.75) is 24.4 Å². The van der Waals surface area contributed by atoms with E-state index in [1.165, 1.54) is 0 Å². The van der Waals surface area contributed by atoms with Crippen molar-refractivity contribution in [2.75, 3.05) is 19.8 Å². The van der Waals surface area contributed by atoms with E-state index in [2.05, 4.69) is 5.32 Å². The van der Waals surface area contributed by atoms with Gasteiger partial charge in [0.1, 0.15) is 5.54 Å². The van der Waals surface area contributed by atoms with Gasteiger partial charge in [-0.3, -0.25) is 4.79 Å². The quantitative estimate of drug-likeness (QED) is 0.410. The molecule has 0 unspecified atom stereocenters. The van der Waals surface area contributed by atoms with E-state index >= 15 is 0 Å². The largest absolute Gasteiger partial charge is 0.394 e. The standard InChI is InChI=1S/C14H22N2O4/c15-12(7-6-11-4-2-1-3-5-11)13(20)16-14(8-17,9-18)10-19/h1-5,12,17-19H,6-10,15H2,(H,16,20)/t12-/m0/s1. The lowest BCUT2D eigenvalue weighted by molar-refractivity contribution is -0.126. The van der Waals surface area contributed by atoms with E-state index < -0.39 is 37.3 Å². The number of aryl methyl sites for hydroxylation is 1. The number of amides is 1. The van der Waals surface area contributed by atoms with Crippen LogP contribution >= 0.6 is 0 Å². The van der Waals surface area contributed by atoms with E-state index in [4.69, 9.17) is 21.1 Å². The number of benzene rings is 1. The zero-order valence-corrected chi connectivity index (χ0v) is 11.3. The Kier molecular flexibility index (Phi) is 6.60. The minimum absolute atomic E-state index is 0.439. The highest BCUT2D eigenvalue weighted by molar-refractivity contribution is 5.82. The first-order valence-electron chi connectivity index (χ1n) is 6.51. The normalized spacial score (nSPS) is 13.0. The van der Waals surface area contributed by atoms with Gasteiger partial charge in [0.2, 0.25) is 5.91 Å². The fourth-order valence-electron chi connectivity index (χ4n) is 1.72. The van der Waals surface area contributed by atoms with Crippen molar-refractivity contribution in [1.82, 2.24) is 5.32 Å². The van der Waals surface area contributed by atoms with E-state index in [1.54, 1.807) is 0 Å². The highest BCUT2D eigenvalue weighted by Crippen LogP contribution is 2.06. The van der Waals surface area contributed by atoms with Gasteiger partial charge in [0.25, 0.3) is 0 Å². The Morgan fingerprint density at radius 1 is 1.15 bits per heavy atom. The van der Waals surface area contributed by atoms with Crippen LogP contribution in [0, 0.1) is 0 Å². The maximum absolute atomic E-state index is 11.9. The first kappa shape index (κ1) is 16.6. The number of nitrogens with one attached hydrogen (secondary N) is 1. The Hall–Kier alpha value is -1.47. The second kappa shape index (κ2) is 7.96. The molecule has 1 amide bonds. The number of carbonyl (C=O) groups is 1. The SMILES string of the molecule is N[C@@H](CCc1ccccc1)C(=O)NC(CO)(CO)CO. The predicted molar refractivity (Wildman–Crippen MR) is 74.9 cm³/mol. The molecule has 0 bridgehead atoms. The average Bonchev–Trinajstić information content (AvgIpc) is 2.51. The van der Waals surface area contributed by atoms with Crippen molar-refractivity contribution in [1.29, 1.82) is 0 Å². The van der Waals surface area contributed by atoms with Crippen LogP contribution in [0.25, 0.3) is 0 Å². The molecule has 0 saturated carbocycles. The van der Waals surface area contributed by atoms with Crippen LogP contribution in [0.4, 0.5) is 0 Å². The first-order valence-corrected chi connectivity index (χ1v) is 6.51. The number of hydrogen-bond donors (Lipinski definition) is 5. The zero-order chi connectivity index (χ0) is 15.0. The maximum Gasteiger partial charge on any atom is 0.237 e. The summed E-state index contributed by atoms with van der Waals surface area (Å²) in [5, 5.41) is 29.8. The molecule has 0 aliphatic heterocycles. The fraction of sp³-hybridized carbons (Fsp3) is 0.500. The summed E-state index contributed by atoms with van der Waals surface area (Å²) in [6.45, 7) is -1.68. The van der Waals surface area contributed by atoms with Crippen LogP contribution in [0.3, 0.4) is 0 Å². The summed E-state index contributed by atoms with van der Waals surface area (Å²) in [5.41, 5.74) is 5.43. The summed E-state index contributed by atoms with van der Waals surface area (Å²) in [6, 6.07) is 8.87. The van der Waals surface area contributed by atoms with Crippen molar-refractivity contribution in [2.24, 2.45) is 5.73 Å². The highest BCUT2D eigenvalue weighted by atomic mass is 16.3. The predicted octanol–water partition coefficient (Wildman–Crippen LogP) is -1.22. The molecule has 112 valence electrons. The van der Waals surface area contributed by atoms with Gasteiger partial charge in [-0.05, 0) is 18.4 Å². The molecule has 6 heteroatoms. The minimum Gasteiger partial charge on any atom is -0.394 e. The molecule has 1 atom stereocenters. The van der Waals surface area contributed by atoms with E-state index in [-0.39, 0.29) is 0 Å². The average molecular weight is 282 g/mol. The maximum atomic E-state index is 11.9. The number of aliphatic hydroxyl groups is 3. The Balaban J connectivity index is 2.50. The molecular weight excluding hydrogens is 260 g/mol. The number of aliphatic hydroxyl groups excluding tert-OH is 3. The molecule has 0 radical (unpaired) electrons. The van der Waals surface area contributed by atoms with Gasteiger partial charge in [-0.15, -0.1) is 0 Å². The highest BCUT2D eigenvalue weighted by Gasteiger charge is 2.31. The summed E-state index contributed by atoms with van der Waals surface area (Å²) in [7, 11) is 0. The van der Waals surface area contributed by atoms with Crippen LogP contribution in [0.1, 0.15) is 12.0 Å². The minimum atomic E-state index is -1.43. The molecule has 0 aliphatic rings. The van der Waals surface area contributed by atoms with Crippen molar-refractivity contribution >= 4 is 5.91 Å². The van der Waals surface area contributed by atoms with Crippen LogP contribution < -0.4 is 11.1 Å². The Morgan fingerprint density at radius 3 is 2.20 bits per heavy atom. The topological polar surface area (TPSA) is 116 Å². The molecule has 0 saturated heterocycles. The van der Waals surface area contributed by atoms with E-state index in [0.29, 0.717) is 12.8 Å². The third kappa shape index (κ3) is 4.57. The van der Waals surface area contributed by atoms with Crippen molar-refractivity contribution in [3.63, 3.8) is 0 Å². The van der Waals surface area contributed by atoms with Gasteiger partial charge in [0, 0.05) is 0 Å². The van der Waals surface area contributed by atoms with Crippen molar-refractivity contribution in [3.05, 3.63) is 35.9 Å². The van der Waals surface area contributed by atoms with E-state index in [9.17, 15) is 4.79 Å². The van der Waals surface area contributed by atoms with Crippen LogP contribution in [0.15, 0.2) is 30.3 Å². The third-order valence-electron chi connectivity index (χ3n) is 3.22. The van der Waals surface area contributed by atoms with Gasteiger partial charge >= 0.3 is 0 Å². The van der Waals surface area contributed by atoms with E-state index in [1.807, 2.05) is 30.3 Å². The summed E-state index contributed by atoms with van der Waals surface area (Å²) < 4.78 is 0. The summed E-state index contributed by atoms with van der Waals surface area (Å²) in [5.74, 6) is -0.502. The molecule has 6 N–H and O–H groups in total. The number of carbonyl (C=O) groups excluding carboxylic acids is 1. The Bertz CT molecular complexity index is 399. The second-order valence-electron chi connectivity index (χ2n) is 4.87. The van der Waals surface area contributed by atoms with Gasteiger partial charge in [-0.25, -0.2) is 0 Å². The van der Waals surface area contributed by atoms with Crippen molar-refractivity contribution in [3.8, 4) is 0 Å². The second-order valence-corrected chi connectivity index (χ2v) is 4.87. The zero-order valence-electron chi connectivity index (χ0n) is 11.3. The number of nitrogens with two attached hydrogens (primary N) is 1. The molecule has 1 rings (SSSR count). The molecule has 6 nitrogen and oxygen atoms in total. The van der Waals surface area contributed by atoms with Crippen LogP contribution in [0.5, 0.6) is 0 Å². The van der Waals surface area contributed by atoms with Gasteiger partial charge < -0.3 is 26.4 Å². The number of hydrogen-bond acceptors (Lipinski definition) is 5. The molecule has 0 heterocycles. The molecule has 1 aromatic carbocycles. The van der Waals surface area contributed by atoms with Crippen LogP contribution in [0.2, 0.25) is 0 Å². The van der Waals surface area contributed by atoms with Gasteiger partial charge in [0.05, 0.1) is 25.9 Å². The van der Waals surface area contributed by atoms with Gasteiger partial charge in [0.15, 0.2) is 0 Å². The van der Waals surface area contributed by atoms with Gasteiger partial charge in [-0.1, -0.05) is 30.3 Å². The van der Waals surface area contributed by atoms with Gasteiger partial charge in [-0.2, -0.15) is 0 Å². The van der Waals surface area contributed by atoms with Crippen LogP contribution in [-0.4, -0.2) is 52.6 Å². The fourth-order valence-corrected chi connectivity index (χ4v) is 1.72. The lowest BCUT2D eigenvalue weighted by Crippen LogP contribution is -2.60. The molecule has 0 spiro atoms. The smallest absolute Gasteiger partial charge is 0.237 e.